The minimum absolute atomic E-state index is 0.0346. The number of allylic oxidation sites excluding steroid dienone is 1. The SMILES string of the molecule is CC(=O)OCC1CC=C([N+](=O)[O-])C1C(=O)OC(C)(C)C. The van der Waals surface area contributed by atoms with Crippen molar-refractivity contribution in [1.82, 2.24) is 0 Å². The number of ether oxygens (including phenoxy) is 2. The molecule has 0 aromatic rings. The van der Waals surface area contributed by atoms with Crippen LogP contribution in [0.25, 0.3) is 0 Å². The summed E-state index contributed by atoms with van der Waals surface area (Å²) in [4.78, 5) is 33.4. The average molecular weight is 285 g/mol. The zero-order chi connectivity index (χ0) is 15.5. The second kappa shape index (κ2) is 6.02. The van der Waals surface area contributed by atoms with Gasteiger partial charge in [-0.15, -0.1) is 0 Å². The van der Waals surface area contributed by atoms with Crippen LogP contribution in [-0.2, 0) is 19.1 Å². The van der Waals surface area contributed by atoms with E-state index in [9.17, 15) is 19.7 Å². The second-order valence-corrected chi connectivity index (χ2v) is 5.70. The summed E-state index contributed by atoms with van der Waals surface area (Å²) in [5.74, 6) is -2.59. The molecule has 0 fully saturated rings. The monoisotopic (exact) mass is 285 g/mol. The van der Waals surface area contributed by atoms with Crippen molar-refractivity contribution in [3.8, 4) is 0 Å². The van der Waals surface area contributed by atoms with E-state index in [-0.39, 0.29) is 12.3 Å². The molecule has 0 saturated heterocycles. The Labute approximate surface area is 117 Å². The third kappa shape index (κ3) is 4.32. The van der Waals surface area contributed by atoms with Gasteiger partial charge in [0.1, 0.15) is 5.60 Å². The Balaban J connectivity index is 2.86. The molecule has 1 aliphatic carbocycles. The number of rotatable bonds is 4. The van der Waals surface area contributed by atoms with Gasteiger partial charge in [0.05, 0.1) is 11.5 Å². The predicted octanol–water partition coefficient (Wildman–Crippen LogP) is 1.69. The quantitative estimate of drug-likeness (QED) is 0.443. The Kier molecular flexibility index (Phi) is 4.86. The fourth-order valence-corrected chi connectivity index (χ4v) is 2.03. The number of carbonyl (C=O) groups is 2. The van der Waals surface area contributed by atoms with Gasteiger partial charge in [-0.2, -0.15) is 0 Å². The summed E-state index contributed by atoms with van der Waals surface area (Å²) in [6.45, 7) is 6.29. The number of esters is 2. The van der Waals surface area contributed by atoms with Crippen molar-refractivity contribution in [2.45, 2.75) is 39.7 Å². The van der Waals surface area contributed by atoms with Gasteiger partial charge in [0.15, 0.2) is 5.92 Å². The maximum absolute atomic E-state index is 12.1. The maximum Gasteiger partial charge on any atom is 0.320 e. The number of nitrogens with zero attached hydrogens (tertiary/aromatic N) is 1. The number of hydrogen-bond donors (Lipinski definition) is 0. The molecule has 0 N–H and O–H groups in total. The first-order valence-electron chi connectivity index (χ1n) is 6.32. The van der Waals surface area contributed by atoms with Gasteiger partial charge < -0.3 is 9.47 Å². The molecule has 0 bridgehead atoms. The molecule has 0 saturated carbocycles. The normalized spacial score (nSPS) is 22.1. The molecule has 0 aromatic carbocycles. The summed E-state index contributed by atoms with van der Waals surface area (Å²) in [6.07, 6.45) is 1.70. The van der Waals surface area contributed by atoms with Crippen LogP contribution in [0, 0.1) is 22.0 Å². The highest BCUT2D eigenvalue weighted by molar-refractivity contribution is 5.77. The van der Waals surface area contributed by atoms with Crippen molar-refractivity contribution in [3.63, 3.8) is 0 Å². The molecule has 1 aliphatic rings. The van der Waals surface area contributed by atoms with Crippen molar-refractivity contribution in [1.29, 1.82) is 0 Å². The zero-order valence-corrected chi connectivity index (χ0v) is 12.0. The molecule has 0 radical (unpaired) electrons. The van der Waals surface area contributed by atoms with E-state index < -0.39 is 34.3 Å². The van der Waals surface area contributed by atoms with Gasteiger partial charge in [0.2, 0.25) is 0 Å². The molecule has 0 aliphatic heterocycles. The largest absolute Gasteiger partial charge is 0.466 e. The van der Waals surface area contributed by atoms with Crippen molar-refractivity contribution < 1.29 is 24.0 Å². The average Bonchev–Trinajstić information content (AvgIpc) is 2.67. The van der Waals surface area contributed by atoms with Gasteiger partial charge in [-0.05, 0) is 33.3 Å². The van der Waals surface area contributed by atoms with Gasteiger partial charge in [0.25, 0.3) is 5.70 Å². The third-order valence-corrected chi connectivity index (χ3v) is 2.79. The first kappa shape index (κ1) is 16.1. The summed E-state index contributed by atoms with van der Waals surface area (Å²) in [5.41, 5.74) is -0.913. The summed E-state index contributed by atoms with van der Waals surface area (Å²) >= 11 is 0. The lowest BCUT2D eigenvalue weighted by Crippen LogP contribution is -2.34. The van der Waals surface area contributed by atoms with E-state index in [1.165, 1.54) is 13.0 Å². The Bertz CT molecular complexity index is 448. The van der Waals surface area contributed by atoms with Crippen LogP contribution in [0.3, 0.4) is 0 Å². The van der Waals surface area contributed by atoms with Gasteiger partial charge in [0, 0.05) is 12.8 Å². The summed E-state index contributed by atoms with van der Waals surface area (Å²) in [7, 11) is 0. The van der Waals surface area contributed by atoms with Crippen molar-refractivity contribution in [3.05, 3.63) is 21.9 Å². The van der Waals surface area contributed by atoms with Crippen LogP contribution in [-0.4, -0.2) is 29.1 Å². The van der Waals surface area contributed by atoms with E-state index >= 15 is 0 Å². The fraction of sp³-hybridized carbons (Fsp3) is 0.692. The molecule has 2 atom stereocenters. The van der Waals surface area contributed by atoms with Crippen LogP contribution >= 0.6 is 0 Å². The molecule has 0 heterocycles. The lowest BCUT2D eigenvalue weighted by molar-refractivity contribution is -0.432. The number of nitro groups is 1. The zero-order valence-electron chi connectivity index (χ0n) is 12.0. The molecule has 0 amide bonds. The highest BCUT2D eigenvalue weighted by atomic mass is 16.6. The van der Waals surface area contributed by atoms with Crippen LogP contribution in [0.4, 0.5) is 0 Å². The molecular formula is C13H19NO6. The van der Waals surface area contributed by atoms with Crippen LogP contribution in [0.15, 0.2) is 11.8 Å². The second-order valence-electron chi connectivity index (χ2n) is 5.70. The molecule has 0 spiro atoms. The van der Waals surface area contributed by atoms with Gasteiger partial charge in [-0.1, -0.05) is 0 Å². The maximum atomic E-state index is 12.1. The van der Waals surface area contributed by atoms with E-state index in [0.717, 1.165) is 0 Å². The molecular weight excluding hydrogens is 266 g/mol. The van der Waals surface area contributed by atoms with Crippen LogP contribution in [0.5, 0.6) is 0 Å². The van der Waals surface area contributed by atoms with E-state index in [4.69, 9.17) is 9.47 Å². The Morgan fingerprint density at radius 1 is 1.45 bits per heavy atom. The summed E-state index contributed by atoms with van der Waals surface area (Å²) < 4.78 is 10.1. The van der Waals surface area contributed by atoms with Gasteiger partial charge in [-0.3, -0.25) is 19.7 Å². The lowest BCUT2D eigenvalue weighted by Gasteiger charge is -2.24. The van der Waals surface area contributed by atoms with Crippen molar-refractivity contribution in [2.75, 3.05) is 6.61 Å². The molecule has 7 heteroatoms. The Morgan fingerprint density at radius 3 is 2.50 bits per heavy atom. The first-order valence-corrected chi connectivity index (χ1v) is 6.32. The third-order valence-electron chi connectivity index (χ3n) is 2.79. The van der Waals surface area contributed by atoms with E-state index in [0.29, 0.717) is 6.42 Å². The highest BCUT2D eigenvalue weighted by Gasteiger charge is 2.45. The molecule has 20 heavy (non-hydrogen) atoms. The first-order chi connectivity index (χ1) is 9.11. The highest BCUT2D eigenvalue weighted by Crippen LogP contribution is 2.34. The van der Waals surface area contributed by atoms with Gasteiger partial charge in [-0.25, -0.2) is 0 Å². The molecule has 0 aromatic heterocycles. The molecule has 7 nitrogen and oxygen atoms in total. The van der Waals surface area contributed by atoms with Crippen LogP contribution < -0.4 is 0 Å². The Morgan fingerprint density at radius 2 is 2.05 bits per heavy atom. The van der Waals surface area contributed by atoms with Crippen molar-refractivity contribution in [2.24, 2.45) is 11.8 Å². The minimum atomic E-state index is -0.997. The van der Waals surface area contributed by atoms with Crippen LogP contribution in [0.1, 0.15) is 34.1 Å². The molecule has 112 valence electrons. The minimum Gasteiger partial charge on any atom is -0.466 e. The summed E-state index contributed by atoms with van der Waals surface area (Å²) in [6, 6.07) is 0. The topological polar surface area (TPSA) is 95.7 Å². The van der Waals surface area contributed by atoms with Crippen molar-refractivity contribution >= 4 is 11.9 Å². The fourth-order valence-electron chi connectivity index (χ4n) is 2.03. The van der Waals surface area contributed by atoms with E-state index in [1.807, 2.05) is 0 Å². The molecule has 1 rings (SSSR count). The standard InChI is InChI=1S/C13H19NO6/c1-8(15)19-7-9-5-6-10(14(17)18)11(9)12(16)20-13(2,3)4/h6,9,11H,5,7H2,1-4H3. The van der Waals surface area contributed by atoms with E-state index in [2.05, 4.69) is 0 Å². The number of carbonyl (C=O) groups excluding carboxylic acids is 2. The molecule has 2 unspecified atom stereocenters. The predicted molar refractivity (Wildman–Crippen MR) is 69.2 cm³/mol. The number of hydrogen-bond acceptors (Lipinski definition) is 6. The van der Waals surface area contributed by atoms with Crippen LogP contribution in [0.2, 0.25) is 0 Å². The lowest BCUT2D eigenvalue weighted by atomic mass is 9.94. The van der Waals surface area contributed by atoms with Gasteiger partial charge >= 0.3 is 11.9 Å². The van der Waals surface area contributed by atoms with E-state index in [1.54, 1.807) is 20.8 Å². The smallest absolute Gasteiger partial charge is 0.320 e. The summed E-state index contributed by atoms with van der Waals surface area (Å²) in [5, 5.41) is 11.0. The Hall–Kier alpha value is -1.92.